The van der Waals surface area contributed by atoms with E-state index in [-0.39, 0.29) is 11.7 Å². The van der Waals surface area contributed by atoms with Crippen molar-refractivity contribution in [1.82, 2.24) is 15.5 Å². The number of aryl methyl sites for hydroxylation is 1. The van der Waals surface area contributed by atoms with Crippen molar-refractivity contribution in [2.45, 2.75) is 26.0 Å². The molecule has 0 radical (unpaired) electrons. The van der Waals surface area contributed by atoms with E-state index >= 15 is 0 Å². The van der Waals surface area contributed by atoms with Gasteiger partial charge in [-0.25, -0.2) is 0 Å². The zero-order valence-corrected chi connectivity index (χ0v) is 13.2. The van der Waals surface area contributed by atoms with Gasteiger partial charge < -0.3 is 9.73 Å². The van der Waals surface area contributed by atoms with Crippen LogP contribution in [0, 0.1) is 12.8 Å². The highest BCUT2D eigenvalue weighted by molar-refractivity contribution is 7.99. The van der Waals surface area contributed by atoms with Crippen LogP contribution in [0.4, 0.5) is 0 Å². The quantitative estimate of drug-likeness (QED) is 0.831. The highest BCUT2D eigenvalue weighted by Gasteiger charge is 2.11. The summed E-state index contributed by atoms with van der Waals surface area (Å²) in [6, 6.07) is 7.86. The maximum absolute atomic E-state index is 11.6. The van der Waals surface area contributed by atoms with Gasteiger partial charge in [0.2, 0.25) is 11.8 Å². The summed E-state index contributed by atoms with van der Waals surface area (Å²) in [5, 5.41) is 11.2. The van der Waals surface area contributed by atoms with E-state index in [2.05, 4.69) is 29.4 Å². The molecule has 1 heterocycles. The van der Waals surface area contributed by atoms with Gasteiger partial charge in [0, 0.05) is 12.1 Å². The largest absolute Gasteiger partial charge is 0.411 e. The molecule has 6 heteroatoms. The number of carbonyl (C=O) groups excluding carboxylic acids is 1. The summed E-state index contributed by atoms with van der Waals surface area (Å²) >= 11 is 1.25. The average molecular weight is 305 g/mol. The third kappa shape index (κ3) is 4.90. The Hall–Kier alpha value is -1.82. The minimum atomic E-state index is -0.0243. The van der Waals surface area contributed by atoms with Gasteiger partial charge in [0.1, 0.15) is 0 Å². The first-order valence-corrected chi connectivity index (χ1v) is 7.83. The number of nitrogens with one attached hydrogen (secondary N) is 1. The highest BCUT2D eigenvalue weighted by atomic mass is 32.2. The summed E-state index contributed by atoms with van der Waals surface area (Å²) in [5.41, 5.74) is 2.05. The Morgan fingerprint density at radius 1 is 1.29 bits per heavy atom. The average Bonchev–Trinajstić information content (AvgIpc) is 2.92. The molecule has 0 saturated heterocycles. The lowest BCUT2D eigenvalue weighted by molar-refractivity contribution is -0.118. The van der Waals surface area contributed by atoms with E-state index in [4.69, 9.17) is 4.42 Å². The molecule has 21 heavy (non-hydrogen) atoms. The monoisotopic (exact) mass is 305 g/mol. The van der Waals surface area contributed by atoms with E-state index in [0.717, 1.165) is 5.56 Å². The minimum absolute atomic E-state index is 0.0243. The molecular weight excluding hydrogens is 286 g/mol. The maximum Gasteiger partial charge on any atom is 0.277 e. The van der Waals surface area contributed by atoms with E-state index in [1.165, 1.54) is 17.3 Å². The van der Waals surface area contributed by atoms with Crippen LogP contribution in [-0.2, 0) is 4.79 Å². The smallest absolute Gasteiger partial charge is 0.277 e. The van der Waals surface area contributed by atoms with Crippen LogP contribution in [-0.4, -0.2) is 28.4 Å². The molecule has 0 spiro atoms. The standard InChI is InChI=1S/C15H19N3O2S/c1-10(2)8-16-13(19)9-21-15-18-17-14(20-15)12-6-4-11(3)5-7-12/h4-7,10H,8-9H2,1-3H3,(H,16,19). The SMILES string of the molecule is Cc1ccc(-c2nnc(SCC(=O)NCC(C)C)o2)cc1. The lowest BCUT2D eigenvalue weighted by atomic mass is 10.1. The molecule has 1 aromatic carbocycles. The van der Waals surface area contributed by atoms with E-state index in [1.807, 2.05) is 31.2 Å². The number of hydrogen-bond acceptors (Lipinski definition) is 5. The van der Waals surface area contributed by atoms with Gasteiger partial charge in [-0.05, 0) is 25.0 Å². The van der Waals surface area contributed by atoms with Gasteiger partial charge in [-0.15, -0.1) is 10.2 Å². The second-order valence-electron chi connectivity index (χ2n) is 5.23. The summed E-state index contributed by atoms with van der Waals surface area (Å²) in [5.74, 6) is 1.17. The fourth-order valence-electron chi connectivity index (χ4n) is 1.58. The van der Waals surface area contributed by atoms with Crippen LogP contribution in [0.5, 0.6) is 0 Å². The lowest BCUT2D eigenvalue weighted by Gasteiger charge is -2.05. The number of amides is 1. The Labute approximate surface area is 128 Å². The lowest BCUT2D eigenvalue weighted by Crippen LogP contribution is -2.28. The molecule has 0 unspecified atom stereocenters. The van der Waals surface area contributed by atoms with Crippen LogP contribution < -0.4 is 5.32 Å². The van der Waals surface area contributed by atoms with Crippen molar-refractivity contribution in [2.24, 2.45) is 5.92 Å². The molecule has 0 aliphatic rings. The van der Waals surface area contributed by atoms with Crippen LogP contribution in [0.3, 0.4) is 0 Å². The molecule has 0 bridgehead atoms. The third-order valence-electron chi connectivity index (χ3n) is 2.74. The van der Waals surface area contributed by atoms with Crippen molar-refractivity contribution < 1.29 is 9.21 Å². The normalized spacial score (nSPS) is 10.9. The highest BCUT2D eigenvalue weighted by Crippen LogP contribution is 2.23. The Bertz CT molecular complexity index is 593. The first-order valence-electron chi connectivity index (χ1n) is 6.84. The summed E-state index contributed by atoms with van der Waals surface area (Å²) in [7, 11) is 0. The molecule has 5 nitrogen and oxygen atoms in total. The number of benzene rings is 1. The number of thioether (sulfide) groups is 1. The molecule has 1 N–H and O–H groups in total. The van der Waals surface area contributed by atoms with Gasteiger partial charge in [0.25, 0.3) is 5.22 Å². The van der Waals surface area contributed by atoms with Crippen molar-refractivity contribution in [3.63, 3.8) is 0 Å². The van der Waals surface area contributed by atoms with Crippen LogP contribution >= 0.6 is 11.8 Å². The molecule has 0 aliphatic carbocycles. The van der Waals surface area contributed by atoms with Crippen LogP contribution in [0.2, 0.25) is 0 Å². The van der Waals surface area contributed by atoms with Crippen molar-refractivity contribution in [3.05, 3.63) is 29.8 Å². The first-order chi connectivity index (χ1) is 10.0. The van der Waals surface area contributed by atoms with Gasteiger partial charge in [-0.1, -0.05) is 43.3 Å². The summed E-state index contributed by atoms with van der Waals surface area (Å²) < 4.78 is 5.55. The second-order valence-corrected chi connectivity index (χ2v) is 6.15. The minimum Gasteiger partial charge on any atom is -0.411 e. The zero-order chi connectivity index (χ0) is 15.2. The van der Waals surface area contributed by atoms with Crippen molar-refractivity contribution in [2.75, 3.05) is 12.3 Å². The molecule has 0 aliphatic heterocycles. The molecule has 2 aromatic rings. The predicted octanol–water partition coefficient (Wildman–Crippen LogP) is 2.91. The Kier molecular flexibility index (Phi) is 5.38. The van der Waals surface area contributed by atoms with Gasteiger partial charge in [0.05, 0.1) is 5.75 Å². The summed E-state index contributed by atoms with van der Waals surface area (Å²) in [4.78, 5) is 11.6. The molecule has 2 rings (SSSR count). The van der Waals surface area contributed by atoms with Crippen molar-refractivity contribution in [3.8, 4) is 11.5 Å². The molecule has 0 atom stereocenters. The van der Waals surface area contributed by atoms with Gasteiger partial charge in [0.15, 0.2) is 0 Å². The number of rotatable bonds is 6. The molecular formula is C15H19N3O2S. The topological polar surface area (TPSA) is 68.0 Å². The fraction of sp³-hybridized carbons (Fsp3) is 0.400. The Morgan fingerprint density at radius 2 is 2.00 bits per heavy atom. The van der Waals surface area contributed by atoms with E-state index in [1.54, 1.807) is 0 Å². The second kappa shape index (κ2) is 7.26. The van der Waals surface area contributed by atoms with E-state index < -0.39 is 0 Å². The van der Waals surface area contributed by atoms with Crippen molar-refractivity contribution >= 4 is 17.7 Å². The number of aromatic nitrogens is 2. The zero-order valence-electron chi connectivity index (χ0n) is 12.4. The molecule has 1 amide bonds. The summed E-state index contributed by atoms with van der Waals surface area (Å²) in [6.45, 7) is 6.81. The van der Waals surface area contributed by atoms with Crippen molar-refractivity contribution in [1.29, 1.82) is 0 Å². The Morgan fingerprint density at radius 3 is 2.67 bits per heavy atom. The first kappa shape index (κ1) is 15.6. The van der Waals surface area contributed by atoms with Gasteiger partial charge >= 0.3 is 0 Å². The van der Waals surface area contributed by atoms with Crippen LogP contribution in [0.25, 0.3) is 11.5 Å². The number of hydrogen-bond donors (Lipinski definition) is 1. The maximum atomic E-state index is 11.6. The molecule has 0 saturated carbocycles. The number of carbonyl (C=O) groups is 1. The van der Waals surface area contributed by atoms with Gasteiger partial charge in [-0.2, -0.15) is 0 Å². The fourth-order valence-corrected chi connectivity index (χ4v) is 2.17. The van der Waals surface area contributed by atoms with Gasteiger partial charge in [-0.3, -0.25) is 4.79 Å². The number of nitrogens with zero attached hydrogens (tertiary/aromatic N) is 2. The molecule has 0 fully saturated rings. The summed E-state index contributed by atoms with van der Waals surface area (Å²) in [6.07, 6.45) is 0. The van der Waals surface area contributed by atoms with E-state index in [9.17, 15) is 4.79 Å². The van der Waals surface area contributed by atoms with Crippen LogP contribution in [0.15, 0.2) is 33.9 Å². The Balaban J connectivity index is 1.88. The third-order valence-corrected chi connectivity index (χ3v) is 3.56. The van der Waals surface area contributed by atoms with Crippen LogP contribution in [0.1, 0.15) is 19.4 Å². The molecule has 1 aromatic heterocycles. The molecule has 112 valence electrons. The van der Waals surface area contributed by atoms with E-state index in [0.29, 0.717) is 23.6 Å². The predicted molar refractivity (Wildman–Crippen MR) is 83.0 cm³/mol.